The Kier molecular flexibility index (Phi) is 18.6. The Morgan fingerprint density at radius 2 is 1.29 bits per heavy atom. The summed E-state index contributed by atoms with van der Waals surface area (Å²) in [7, 11) is 1.67. The van der Waals surface area contributed by atoms with E-state index in [-0.39, 0.29) is 37.3 Å². The maximum Gasteiger partial charge on any atom is 0.411 e. The molecule has 2 N–H and O–H groups in total. The van der Waals surface area contributed by atoms with E-state index in [4.69, 9.17) is 33.0 Å². The van der Waals surface area contributed by atoms with Crippen LogP contribution in [0, 0.1) is 17.8 Å². The number of aromatic amines is 1. The molecule has 5 heterocycles. The number of carbonyl (C=O) groups is 4. The molecule has 3 aliphatic heterocycles. The molecule has 0 radical (unpaired) electrons. The van der Waals surface area contributed by atoms with E-state index in [1.54, 1.807) is 11.9 Å². The van der Waals surface area contributed by atoms with E-state index in [2.05, 4.69) is 35.7 Å². The van der Waals surface area contributed by atoms with Crippen molar-refractivity contribution >= 4 is 69.1 Å². The average Bonchev–Trinajstić information content (AvgIpc) is 4.02. The van der Waals surface area contributed by atoms with Crippen molar-refractivity contribution in [2.75, 3.05) is 46.7 Å². The van der Waals surface area contributed by atoms with E-state index in [0.29, 0.717) is 60.8 Å². The predicted molar refractivity (Wildman–Crippen MR) is 227 cm³/mol. The van der Waals surface area contributed by atoms with Gasteiger partial charge in [0.25, 0.3) is 0 Å². The molecule has 4 amide bonds. The van der Waals surface area contributed by atoms with Gasteiger partial charge in [-0.2, -0.15) is 0 Å². The second kappa shape index (κ2) is 23.3. The van der Waals surface area contributed by atoms with Crippen LogP contribution in [0.1, 0.15) is 85.5 Å². The van der Waals surface area contributed by atoms with Crippen molar-refractivity contribution in [2.24, 2.45) is 17.8 Å². The van der Waals surface area contributed by atoms with Crippen molar-refractivity contribution in [1.82, 2.24) is 39.1 Å². The SMILES string of the molecule is CCCC1CC(=O)N(CO)C1.CCCC1CC(=O)N(COC(=O)N(C)CC)C1.CCCC1CC(=O)N(Cn2c(Cl)nc3ccccc32)C1.Clc1nc2ccccc2[nH]1. The van der Waals surface area contributed by atoms with Crippen molar-refractivity contribution < 1.29 is 29.0 Å². The number of nitrogens with one attached hydrogen (secondary N) is 1. The average molecular weight is 844 g/mol. The molecule has 0 saturated carbocycles. The molecule has 2 aromatic carbocycles. The lowest BCUT2D eigenvalue weighted by Gasteiger charge is -2.19. The summed E-state index contributed by atoms with van der Waals surface area (Å²) in [5, 5.41) is 9.62. The van der Waals surface area contributed by atoms with Crippen molar-refractivity contribution in [3.05, 3.63) is 59.1 Å². The number of nitrogens with zero attached hydrogens (tertiary/aromatic N) is 7. The number of carbonyl (C=O) groups excluding carboxylic acids is 4. The summed E-state index contributed by atoms with van der Waals surface area (Å²) in [5.74, 6) is 1.81. The van der Waals surface area contributed by atoms with E-state index in [1.807, 2.05) is 64.9 Å². The quantitative estimate of drug-likeness (QED) is 0.147. The van der Waals surface area contributed by atoms with Crippen LogP contribution in [-0.2, 0) is 25.8 Å². The second-order valence-electron chi connectivity index (χ2n) is 15.1. The van der Waals surface area contributed by atoms with Gasteiger partial charge in [-0.05, 0) is 91.4 Å². The van der Waals surface area contributed by atoms with Crippen LogP contribution in [0.3, 0.4) is 0 Å². The zero-order valence-corrected chi connectivity index (χ0v) is 36.1. The van der Waals surface area contributed by atoms with Gasteiger partial charge in [0.2, 0.25) is 28.3 Å². The van der Waals surface area contributed by atoms with Crippen LogP contribution in [0.15, 0.2) is 48.5 Å². The van der Waals surface area contributed by atoms with Crippen LogP contribution in [0.25, 0.3) is 22.1 Å². The number of halogens is 2. The standard InChI is InChI=1S/C15H18ClN3O.C12H22N2O3.C8H15NO2.C7H5ClN2/c1-2-5-11-8-14(20)18(9-11)10-19-13-7-4-3-6-12(13)17-15(19)16;1-4-6-10-7-11(15)14(8-10)9-17-12(16)13(3)5-2;1-2-3-7-4-8(11)9(5-7)6-10;8-7-9-5-3-1-2-4-6(5)10-7/h3-4,6-7,11H,2,5,8-10H2,1H3;10H,4-9H2,1-3H3;7,10H,2-6H2,1H3;1-4H,(H,9,10). The molecule has 3 unspecified atom stereocenters. The normalized spacial score (nSPS) is 18.9. The van der Waals surface area contributed by atoms with Crippen molar-refractivity contribution in [3.63, 3.8) is 0 Å². The second-order valence-corrected chi connectivity index (χ2v) is 15.8. The fourth-order valence-corrected chi connectivity index (χ4v) is 7.84. The van der Waals surface area contributed by atoms with Crippen molar-refractivity contribution in [1.29, 1.82) is 0 Å². The third-order valence-corrected chi connectivity index (χ3v) is 11.0. The van der Waals surface area contributed by atoms with Crippen LogP contribution < -0.4 is 0 Å². The minimum atomic E-state index is -0.376. The number of hydrogen-bond acceptors (Lipinski definition) is 8. The van der Waals surface area contributed by atoms with Gasteiger partial charge in [0, 0.05) is 52.5 Å². The zero-order valence-electron chi connectivity index (χ0n) is 34.5. The molecule has 2 aromatic heterocycles. The third kappa shape index (κ3) is 13.3. The number of hydrogen-bond donors (Lipinski definition) is 2. The highest BCUT2D eigenvalue weighted by Crippen LogP contribution is 2.26. The third-order valence-electron chi connectivity index (χ3n) is 10.6. The van der Waals surface area contributed by atoms with Crippen molar-refractivity contribution in [2.45, 2.75) is 92.2 Å². The maximum atomic E-state index is 12.1. The van der Waals surface area contributed by atoms with Crippen LogP contribution >= 0.6 is 23.2 Å². The number of likely N-dealkylation sites (tertiary alicyclic amines) is 3. The number of rotatable bonds is 12. The zero-order chi connectivity index (χ0) is 42.2. The maximum absolute atomic E-state index is 12.1. The largest absolute Gasteiger partial charge is 0.428 e. The van der Waals surface area contributed by atoms with E-state index >= 15 is 0 Å². The summed E-state index contributed by atoms with van der Waals surface area (Å²) in [6.45, 7) is 11.6. The molecule has 14 nitrogen and oxygen atoms in total. The molecule has 0 bridgehead atoms. The molecular weight excluding hydrogens is 783 g/mol. The van der Waals surface area contributed by atoms with Crippen LogP contribution in [-0.4, -0.2) is 115 Å². The molecule has 3 aliphatic rings. The lowest BCUT2D eigenvalue weighted by atomic mass is 10.0. The van der Waals surface area contributed by atoms with E-state index in [9.17, 15) is 19.2 Å². The Labute approximate surface area is 351 Å². The smallest absolute Gasteiger partial charge is 0.411 e. The molecule has 0 aliphatic carbocycles. The summed E-state index contributed by atoms with van der Waals surface area (Å²) in [6.07, 6.45) is 8.12. The molecule has 3 saturated heterocycles. The van der Waals surface area contributed by atoms with E-state index in [1.165, 1.54) is 9.80 Å². The number of aliphatic hydroxyl groups excluding tert-OH is 1. The number of fused-ring (bicyclic) bond motifs is 2. The van der Waals surface area contributed by atoms with Crippen LogP contribution in [0.4, 0.5) is 4.79 Å². The number of amides is 4. The molecule has 58 heavy (non-hydrogen) atoms. The molecule has 16 heteroatoms. The minimum Gasteiger partial charge on any atom is -0.428 e. The monoisotopic (exact) mass is 842 g/mol. The Balaban J connectivity index is 0.000000178. The number of aromatic nitrogens is 4. The molecule has 3 fully saturated rings. The summed E-state index contributed by atoms with van der Waals surface area (Å²) in [4.78, 5) is 63.9. The number of ether oxygens (including phenoxy) is 1. The van der Waals surface area contributed by atoms with Gasteiger partial charge in [-0.3, -0.25) is 19.0 Å². The first-order valence-electron chi connectivity index (χ1n) is 20.4. The Hall–Kier alpha value is -4.40. The van der Waals surface area contributed by atoms with Gasteiger partial charge < -0.3 is 34.4 Å². The Bertz CT molecular complexity index is 1900. The first-order chi connectivity index (χ1) is 27.9. The number of imidazole rings is 2. The van der Waals surface area contributed by atoms with Gasteiger partial charge in [0.05, 0.1) is 22.1 Å². The molecule has 3 atom stereocenters. The fourth-order valence-electron chi connectivity index (χ4n) is 7.41. The number of para-hydroxylation sites is 4. The van der Waals surface area contributed by atoms with Gasteiger partial charge in [-0.25, -0.2) is 14.8 Å². The minimum absolute atomic E-state index is 0.0855. The fraction of sp³-hybridized carbons (Fsp3) is 0.571. The van der Waals surface area contributed by atoms with E-state index in [0.717, 1.165) is 80.2 Å². The van der Waals surface area contributed by atoms with Gasteiger partial charge in [-0.1, -0.05) is 64.3 Å². The van der Waals surface area contributed by atoms with E-state index < -0.39 is 0 Å². The van der Waals surface area contributed by atoms with Crippen LogP contribution in [0.5, 0.6) is 0 Å². The predicted octanol–water partition coefficient (Wildman–Crippen LogP) is 7.78. The summed E-state index contributed by atoms with van der Waals surface area (Å²) in [6, 6.07) is 15.5. The summed E-state index contributed by atoms with van der Waals surface area (Å²) >= 11 is 11.8. The lowest BCUT2D eigenvalue weighted by Crippen LogP contribution is -2.34. The van der Waals surface area contributed by atoms with Gasteiger partial charge >= 0.3 is 6.09 Å². The highest BCUT2D eigenvalue weighted by Gasteiger charge is 2.31. The Morgan fingerprint density at radius 1 is 0.776 bits per heavy atom. The number of aliphatic hydroxyl groups is 1. The highest BCUT2D eigenvalue weighted by atomic mass is 35.5. The van der Waals surface area contributed by atoms with Gasteiger partial charge in [0.15, 0.2) is 6.73 Å². The summed E-state index contributed by atoms with van der Waals surface area (Å²) in [5.41, 5.74) is 3.73. The summed E-state index contributed by atoms with van der Waals surface area (Å²) < 4.78 is 6.97. The first kappa shape index (κ1) is 46.3. The molecule has 4 aromatic rings. The molecule has 7 rings (SSSR count). The topological polar surface area (TPSA) is 157 Å². The molecular formula is C42H60Cl2N8O6. The first-order valence-corrected chi connectivity index (χ1v) is 21.2. The van der Waals surface area contributed by atoms with Crippen molar-refractivity contribution in [3.8, 4) is 0 Å². The van der Waals surface area contributed by atoms with Crippen LogP contribution in [0.2, 0.25) is 10.6 Å². The molecule has 0 spiro atoms. The van der Waals surface area contributed by atoms with Gasteiger partial charge in [0.1, 0.15) is 13.4 Å². The van der Waals surface area contributed by atoms with Gasteiger partial charge in [-0.15, -0.1) is 0 Å². The number of H-pyrrole nitrogens is 1. The Morgan fingerprint density at radius 3 is 1.84 bits per heavy atom. The lowest BCUT2D eigenvalue weighted by molar-refractivity contribution is -0.131. The molecule has 318 valence electrons. The highest BCUT2D eigenvalue weighted by molar-refractivity contribution is 6.29. The number of benzene rings is 2.